The van der Waals surface area contributed by atoms with Crippen LogP contribution in [-0.4, -0.2) is 37.2 Å². The first-order valence-electron chi connectivity index (χ1n) is 25.5. The van der Waals surface area contributed by atoms with Crippen LogP contribution in [0.4, 0.5) is 0 Å². The molecule has 6 nitrogen and oxygen atoms in total. The quantitative estimate of drug-likeness (QED) is 0.0346. The minimum Gasteiger partial charge on any atom is -0.462 e. The lowest BCUT2D eigenvalue weighted by Crippen LogP contribution is -2.30. The second-order valence-corrected chi connectivity index (χ2v) is 17.5. The summed E-state index contributed by atoms with van der Waals surface area (Å²) in [6, 6.07) is 0. The van der Waals surface area contributed by atoms with E-state index in [1.54, 1.807) is 0 Å². The summed E-state index contributed by atoms with van der Waals surface area (Å²) in [5.41, 5.74) is 0. The highest BCUT2D eigenvalue weighted by molar-refractivity contribution is 5.71. The third-order valence-electron chi connectivity index (χ3n) is 11.6. The molecule has 0 rings (SSSR count). The molecule has 57 heavy (non-hydrogen) atoms. The first-order chi connectivity index (χ1) is 28.0. The van der Waals surface area contributed by atoms with Gasteiger partial charge in [-0.15, -0.1) is 0 Å². The summed E-state index contributed by atoms with van der Waals surface area (Å²) in [6.07, 6.45) is 49.5. The van der Waals surface area contributed by atoms with E-state index in [9.17, 15) is 14.4 Å². The molecule has 0 radical (unpaired) electrons. The van der Waals surface area contributed by atoms with E-state index in [0.717, 1.165) is 57.8 Å². The molecule has 0 saturated carbocycles. The van der Waals surface area contributed by atoms with E-state index in [1.807, 2.05) is 0 Å². The van der Waals surface area contributed by atoms with Crippen molar-refractivity contribution in [1.29, 1.82) is 0 Å². The van der Waals surface area contributed by atoms with Crippen LogP contribution in [0.1, 0.15) is 290 Å². The van der Waals surface area contributed by atoms with E-state index < -0.39 is 6.10 Å². The van der Waals surface area contributed by atoms with Gasteiger partial charge in [-0.1, -0.05) is 252 Å². The number of unbranched alkanes of at least 4 members (excludes halogenated alkanes) is 36. The third kappa shape index (κ3) is 45.3. The smallest absolute Gasteiger partial charge is 0.306 e. The summed E-state index contributed by atoms with van der Waals surface area (Å²) in [5.74, 6) is -0.846. The standard InChI is InChI=1S/C51H98O6/c1-4-7-10-13-16-19-21-23-24-25-26-27-28-30-33-35-38-41-44-50(53)56-47-48(57-51(54)45-42-39-36-31-18-15-12-9-6-3)46-55-49(52)43-40-37-34-32-29-22-20-17-14-11-8-5-2/h48H,4-47H2,1-3H3/t48-/m1/s1. The number of ether oxygens (including phenoxy) is 3. The maximum absolute atomic E-state index is 12.7. The summed E-state index contributed by atoms with van der Waals surface area (Å²) >= 11 is 0. The van der Waals surface area contributed by atoms with Crippen molar-refractivity contribution >= 4 is 17.9 Å². The fraction of sp³-hybridized carbons (Fsp3) is 0.941. The van der Waals surface area contributed by atoms with E-state index in [0.29, 0.717) is 19.3 Å². The van der Waals surface area contributed by atoms with Crippen LogP contribution in [0.2, 0.25) is 0 Å². The average molecular weight is 807 g/mol. The van der Waals surface area contributed by atoms with Crippen molar-refractivity contribution in [2.24, 2.45) is 0 Å². The lowest BCUT2D eigenvalue weighted by Gasteiger charge is -2.18. The van der Waals surface area contributed by atoms with Gasteiger partial charge in [0.05, 0.1) is 0 Å². The van der Waals surface area contributed by atoms with E-state index >= 15 is 0 Å². The van der Waals surface area contributed by atoms with Crippen LogP contribution in [0, 0.1) is 0 Å². The lowest BCUT2D eigenvalue weighted by atomic mass is 10.0. The van der Waals surface area contributed by atoms with Crippen LogP contribution in [0.25, 0.3) is 0 Å². The molecule has 0 heterocycles. The monoisotopic (exact) mass is 807 g/mol. The first kappa shape index (κ1) is 55.4. The molecule has 0 aromatic carbocycles. The minimum absolute atomic E-state index is 0.0622. The zero-order chi connectivity index (χ0) is 41.5. The topological polar surface area (TPSA) is 78.9 Å². The van der Waals surface area contributed by atoms with Crippen molar-refractivity contribution in [2.75, 3.05) is 13.2 Å². The fourth-order valence-electron chi connectivity index (χ4n) is 7.74. The number of esters is 3. The van der Waals surface area contributed by atoms with Crippen molar-refractivity contribution in [1.82, 2.24) is 0 Å². The molecule has 6 heteroatoms. The van der Waals surface area contributed by atoms with Crippen LogP contribution < -0.4 is 0 Å². The second-order valence-electron chi connectivity index (χ2n) is 17.5. The van der Waals surface area contributed by atoms with Gasteiger partial charge in [-0.25, -0.2) is 0 Å². The molecule has 0 aromatic heterocycles. The normalized spacial score (nSPS) is 11.8. The lowest BCUT2D eigenvalue weighted by molar-refractivity contribution is -0.167. The minimum atomic E-state index is -0.758. The van der Waals surface area contributed by atoms with Crippen molar-refractivity contribution in [3.05, 3.63) is 0 Å². The molecule has 0 amide bonds. The van der Waals surface area contributed by atoms with Gasteiger partial charge in [0.15, 0.2) is 6.10 Å². The highest BCUT2D eigenvalue weighted by atomic mass is 16.6. The number of carbonyl (C=O) groups is 3. The van der Waals surface area contributed by atoms with Gasteiger partial charge in [0.2, 0.25) is 0 Å². The molecule has 0 N–H and O–H groups in total. The Hall–Kier alpha value is -1.59. The molecular formula is C51H98O6. The number of rotatable bonds is 47. The Labute approximate surface area is 355 Å². The van der Waals surface area contributed by atoms with Gasteiger partial charge in [0, 0.05) is 19.3 Å². The molecule has 0 fully saturated rings. The summed E-state index contributed by atoms with van der Waals surface area (Å²) in [7, 11) is 0. The Bertz CT molecular complexity index is 844. The number of carbonyl (C=O) groups excluding carboxylic acids is 3. The molecule has 0 saturated heterocycles. The Morgan fingerprint density at radius 1 is 0.281 bits per heavy atom. The summed E-state index contributed by atoms with van der Waals surface area (Å²) in [5, 5.41) is 0. The molecular weight excluding hydrogens is 709 g/mol. The molecule has 0 unspecified atom stereocenters. The Morgan fingerprint density at radius 3 is 0.702 bits per heavy atom. The predicted octanol–water partition coefficient (Wildman–Crippen LogP) is 16.4. The Kier molecular flexibility index (Phi) is 45.8. The summed E-state index contributed by atoms with van der Waals surface area (Å²) in [4.78, 5) is 37.8. The first-order valence-corrected chi connectivity index (χ1v) is 25.5. The predicted molar refractivity (Wildman–Crippen MR) is 243 cm³/mol. The van der Waals surface area contributed by atoms with E-state index in [-0.39, 0.29) is 31.1 Å². The number of hydrogen-bond acceptors (Lipinski definition) is 6. The summed E-state index contributed by atoms with van der Waals surface area (Å²) in [6.45, 7) is 6.66. The van der Waals surface area contributed by atoms with Crippen LogP contribution >= 0.6 is 0 Å². The highest BCUT2D eigenvalue weighted by Crippen LogP contribution is 2.17. The van der Waals surface area contributed by atoms with Gasteiger partial charge in [-0.3, -0.25) is 14.4 Å². The molecule has 0 aliphatic rings. The SMILES string of the molecule is CCCCCCCCCCCCCCCCCCCCC(=O)OC[C@@H](COC(=O)CCCCCCCCCCCCCC)OC(=O)CCCCCCCCCCC. The third-order valence-corrected chi connectivity index (χ3v) is 11.6. The summed E-state index contributed by atoms with van der Waals surface area (Å²) < 4.78 is 16.8. The van der Waals surface area contributed by atoms with Crippen LogP contribution in [0.15, 0.2) is 0 Å². The maximum atomic E-state index is 12.7. The molecule has 0 bridgehead atoms. The molecule has 0 aliphatic heterocycles. The maximum Gasteiger partial charge on any atom is 0.306 e. The van der Waals surface area contributed by atoms with Gasteiger partial charge in [0.25, 0.3) is 0 Å². The van der Waals surface area contributed by atoms with Crippen molar-refractivity contribution in [3.8, 4) is 0 Å². The number of hydrogen-bond donors (Lipinski definition) is 0. The van der Waals surface area contributed by atoms with Crippen molar-refractivity contribution < 1.29 is 28.6 Å². The molecule has 0 aliphatic carbocycles. The Balaban J connectivity index is 4.20. The van der Waals surface area contributed by atoms with Crippen molar-refractivity contribution in [3.63, 3.8) is 0 Å². The van der Waals surface area contributed by atoms with E-state index in [2.05, 4.69) is 20.8 Å². The van der Waals surface area contributed by atoms with E-state index in [1.165, 1.54) is 193 Å². The second kappa shape index (κ2) is 47.1. The van der Waals surface area contributed by atoms with Crippen LogP contribution in [0.5, 0.6) is 0 Å². The van der Waals surface area contributed by atoms with Crippen LogP contribution in [0.3, 0.4) is 0 Å². The average Bonchev–Trinajstić information content (AvgIpc) is 3.21. The zero-order valence-electron chi connectivity index (χ0n) is 38.6. The fourth-order valence-corrected chi connectivity index (χ4v) is 7.74. The van der Waals surface area contributed by atoms with Gasteiger partial charge < -0.3 is 14.2 Å². The van der Waals surface area contributed by atoms with Crippen molar-refractivity contribution in [2.45, 2.75) is 297 Å². The molecule has 0 aromatic rings. The van der Waals surface area contributed by atoms with Crippen LogP contribution in [-0.2, 0) is 28.6 Å². The largest absolute Gasteiger partial charge is 0.462 e. The molecule has 338 valence electrons. The molecule has 1 atom stereocenters. The Morgan fingerprint density at radius 2 is 0.474 bits per heavy atom. The van der Waals surface area contributed by atoms with E-state index in [4.69, 9.17) is 14.2 Å². The zero-order valence-corrected chi connectivity index (χ0v) is 38.6. The van der Waals surface area contributed by atoms with Gasteiger partial charge in [-0.05, 0) is 19.3 Å². The highest BCUT2D eigenvalue weighted by Gasteiger charge is 2.19. The van der Waals surface area contributed by atoms with Gasteiger partial charge in [0.1, 0.15) is 13.2 Å². The van der Waals surface area contributed by atoms with Gasteiger partial charge in [-0.2, -0.15) is 0 Å². The van der Waals surface area contributed by atoms with Gasteiger partial charge >= 0.3 is 17.9 Å². The molecule has 0 spiro atoms.